The number of hydrogen-bond acceptors (Lipinski definition) is 7. The van der Waals surface area contributed by atoms with Gasteiger partial charge in [0, 0.05) is 22.0 Å². The molecule has 0 unspecified atom stereocenters. The minimum atomic E-state index is -1.15. The standard InChI is InChI=1S/C23H19BrN2O6/c1-29-19-8-6-13(20(23(27)28)21(19)30-2)22-26-16(11-15(25-26)18-4-3-9-31-18)14-10-12(24)5-7-17(14)32-22/h3-10,16,22H,11H2,1-2H3,(H,27,28)/t16-,22-/m1/s1. The predicted molar refractivity (Wildman–Crippen MR) is 118 cm³/mol. The largest absolute Gasteiger partial charge is 0.493 e. The van der Waals surface area contributed by atoms with Crippen LogP contribution in [0.3, 0.4) is 0 Å². The maximum absolute atomic E-state index is 12.3. The maximum Gasteiger partial charge on any atom is 0.340 e. The first kappa shape index (κ1) is 20.4. The molecular weight excluding hydrogens is 480 g/mol. The Labute approximate surface area is 192 Å². The Balaban J connectivity index is 1.69. The van der Waals surface area contributed by atoms with Crippen molar-refractivity contribution in [2.45, 2.75) is 18.7 Å². The fourth-order valence-corrected chi connectivity index (χ4v) is 4.60. The second-order valence-electron chi connectivity index (χ2n) is 7.35. The minimum absolute atomic E-state index is 0.0298. The van der Waals surface area contributed by atoms with E-state index in [1.54, 1.807) is 23.4 Å². The zero-order valence-electron chi connectivity index (χ0n) is 17.2. The molecule has 32 heavy (non-hydrogen) atoms. The van der Waals surface area contributed by atoms with Crippen LogP contribution in [-0.2, 0) is 0 Å². The fourth-order valence-electron chi connectivity index (χ4n) is 4.22. The van der Waals surface area contributed by atoms with E-state index in [1.807, 2.05) is 30.3 Å². The van der Waals surface area contributed by atoms with E-state index in [1.165, 1.54) is 14.2 Å². The van der Waals surface area contributed by atoms with Crippen LogP contribution in [0.4, 0.5) is 0 Å². The summed E-state index contributed by atoms with van der Waals surface area (Å²) < 4.78 is 23.5. The molecule has 5 rings (SSSR count). The molecule has 0 saturated carbocycles. The molecule has 2 aliphatic heterocycles. The summed E-state index contributed by atoms with van der Waals surface area (Å²) in [6.45, 7) is 0. The van der Waals surface area contributed by atoms with Gasteiger partial charge in [0.1, 0.15) is 22.8 Å². The van der Waals surface area contributed by atoms with Crippen LogP contribution in [0, 0.1) is 0 Å². The lowest BCUT2D eigenvalue weighted by atomic mass is 9.96. The molecule has 2 aliphatic rings. The third-order valence-corrected chi connectivity index (χ3v) is 6.11. The fraction of sp³-hybridized carbons (Fsp3) is 0.217. The Morgan fingerprint density at radius 3 is 2.72 bits per heavy atom. The Hall–Kier alpha value is -3.46. The molecule has 3 aromatic rings. The van der Waals surface area contributed by atoms with Crippen LogP contribution in [0.25, 0.3) is 0 Å². The predicted octanol–water partition coefficient (Wildman–Crippen LogP) is 5.00. The molecule has 1 N–H and O–H groups in total. The number of methoxy groups -OCH3 is 2. The second-order valence-corrected chi connectivity index (χ2v) is 8.26. The lowest BCUT2D eigenvalue weighted by Crippen LogP contribution is -2.34. The zero-order valence-corrected chi connectivity index (χ0v) is 18.8. The highest BCUT2D eigenvalue weighted by Gasteiger charge is 2.43. The number of aromatic carboxylic acids is 1. The van der Waals surface area contributed by atoms with Crippen molar-refractivity contribution in [3.05, 3.63) is 75.7 Å². The Kier molecular flexibility index (Phi) is 5.05. The van der Waals surface area contributed by atoms with E-state index in [9.17, 15) is 9.90 Å². The zero-order chi connectivity index (χ0) is 22.4. The summed E-state index contributed by atoms with van der Waals surface area (Å²) in [7, 11) is 2.87. The van der Waals surface area contributed by atoms with Gasteiger partial charge in [-0.25, -0.2) is 9.80 Å². The smallest absolute Gasteiger partial charge is 0.340 e. The summed E-state index contributed by atoms with van der Waals surface area (Å²) in [5.41, 5.74) is 2.10. The van der Waals surface area contributed by atoms with Crippen molar-refractivity contribution in [3.8, 4) is 17.2 Å². The van der Waals surface area contributed by atoms with E-state index in [4.69, 9.17) is 23.7 Å². The highest BCUT2D eigenvalue weighted by Crippen LogP contribution is 2.50. The van der Waals surface area contributed by atoms with Gasteiger partial charge in [0.05, 0.1) is 26.5 Å². The third-order valence-electron chi connectivity index (χ3n) is 5.62. The van der Waals surface area contributed by atoms with E-state index < -0.39 is 12.2 Å². The summed E-state index contributed by atoms with van der Waals surface area (Å²) in [6, 6.07) is 12.6. The topological polar surface area (TPSA) is 93.7 Å². The van der Waals surface area contributed by atoms with Crippen LogP contribution in [-0.4, -0.2) is 36.0 Å². The van der Waals surface area contributed by atoms with Gasteiger partial charge in [0.15, 0.2) is 11.5 Å². The van der Waals surface area contributed by atoms with Crippen LogP contribution < -0.4 is 14.2 Å². The lowest BCUT2D eigenvalue weighted by molar-refractivity contribution is -0.0199. The molecule has 2 atom stereocenters. The van der Waals surface area contributed by atoms with Gasteiger partial charge in [-0.15, -0.1) is 0 Å². The van der Waals surface area contributed by atoms with Gasteiger partial charge < -0.3 is 23.7 Å². The van der Waals surface area contributed by atoms with Gasteiger partial charge in [0.2, 0.25) is 6.23 Å². The molecule has 0 amide bonds. The molecule has 9 heteroatoms. The quantitative estimate of drug-likeness (QED) is 0.528. The van der Waals surface area contributed by atoms with Gasteiger partial charge in [-0.2, -0.15) is 5.10 Å². The van der Waals surface area contributed by atoms with E-state index in [0.29, 0.717) is 29.2 Å². The van der Waals surface area contributed by atoms with E-state index >= 15 is 0 Å². The van der Waals surface area contributed by atoms with Crippen molar-refractivity contribution >= 4 is 27.6 Å². The number of furan rings is 1. The summed E-state index contributed by atoms with van der Waals surface area (Å²) in [6.07, 6.45) is 1.41. The minimum Gasteiger partial charge on any atom is -0.493 e. The molecule has 8 nitrogen and oxygen atoms in total. The number of carboxylic acids is 1. The summed E-state index contributed by atoms with van der Waals surface area (Å²) in [5.74, 6) is 0.647. The lowest BCUT2D eigenvalue weighted by Gasteiger charge is -2.38. The van der Waals surface area contributed by atoms with Gasteiger partial charge in [-0.3, -0.25) is 0 Å². The van der Waals surface area contributed by atoms with Crippen molar-refractivity contribution in [2.24, 2.45) is 5.10 Å². The summed E-state index contributed by atoms with van der Waals surface area (Å²) >= 11 is 3.53. The normalized spacial score (nSPS) is 19.0. The molecule has 164 valence electrons. The van der Waals surface area contributed by atoms with Gasteiger partial charge >= 0.3 is 5.97 Å². The maximum atomic E-state index is 12.3. The Bertz CT molecular complexity index is 1220. The van der Waals surface area contributed by atoms with Crippen molar-refractivity contribution in [1.29, 1.82) is 0 Å². The number of rotatable bonds is 5. The number of nitrogens with zero attached hydrogens (tertiary/aromatic N) is 2. The van der Waals surface area contributed by atoms with Crippen LogP contribution in [0.5, 0.6) is 17.2 Å². The van der Waals surface area contributed by atoms with Gasteiger partial charge in [0.25, 0.3) is 0 Å². The first-order chi connectivity index (χ1) is 15.5. The highest BCUT2D eigenvalue weighted by atomic mass is 79.9. The van der Waals surface area contributed by atoms with Crippen molar-refractivity contribution < 1.29 is 28.5 Å². The molecule has 0 spiro atoms. The average molecular weight is 499 g/mol. The van der Waals surface area contributed by atoms with Gasteiger partial charge in [-0.05, 0) is 42.5 Å². The summed E-state index contributed by atoms with van der Waals surface area (Å²) in [5, 5.41) is 16.6. The third kappa shape index (κ3) is 3.20. The molecular formula is C23H19BrN2O6. The second kappa shape index (κ2) is 7.90. The van der Waals surface area contributed by atoms with Crippen molar-refractivity contribution in [2.75, 3.05) is 14.2 Å². The summed E-state index contributed by atoms with van der Waals surface area (Å²) in [4.78, 5) is 12.3. The molecule has 0 saturated heterocycles. The molecule has 0 radical (unpaired) electrons. The SMILES string of the molecule is COc1ccc([C@H]2Oc3ccc(Br)cc3[C@H]3CC(c4ccco4)=NN32)c(C(=O)O)c1OC. The van der Waals surface area contributed by atoms with E-state index in [2.05, 4.69) is 15.9 Å². The monoisotopic (exact) mass is 498 g/mol. The number of hydrogen-bond donors (Lipinski definition) is 1. The van der Waals surface area contributed by atoms with Crippen LogP contribution in [0.2, 0.25) is 0 Å². The van der Waals surface area contributed by atoms with Crippen molar-refractivity contribution in [3.63, 3.8) is 0 Å². The Morgan fingerprint density at radius 2 is 2.03 bits per heavy atom. The first-order valence-corrected chi connectivity index (χ1v) is 10.6. The van der Waals surface area contributed by atoms with E-state index in [-0.39, 0.29) is 17.4 Å². The van der Waals surface area contributed by atoms with Crippen LogP contribution in [0.15, 0.2) is 62.7 Å². The molecule has 3 heterocycles. The Morgan fingerprint density at radius 1 is 1.19 bits per heavy atom. The molecule has 1 aromatic heterocycles. The van der Waals surface area contributed by atoms with Gasteiger partial charge in [-0.1, -0.05) is 15.9 Å². The number of ether oxygens (including phenoxy) is 3. The molecule has 0 aliphatic carbocycles. The molecule has 0 bridgehead atoms. The number of fused-ring (bicyclic) bond motifs is 3. The number of halogens is 1. The van der Waals surface area contributed by atoms with E-state index in [0.717, 1.165) is 15.7 Å². The molecule has 2 aromatic carbocycles. The van der Waals surface area contributed by atoms with Crippen LogP contribution in [0.1, 0.15) is 45.9 Å². The number of carbonyl (C=O) groups is 1. The number of hydrazone groups is 1. The average Bonchev–Trinajstić information content (AvgIpc) is 3.47. The van der Waals surface area contributed by atoms with Crippen molar-refractivity contribution in [1.82, 2.24) is 5.01 Å². The molecule has 0 fully saturated rings. The number of carboxylic acid groups (broad SMARTS) is 1. The van der Waals surface area contributed by atoms with Crippen LogP contribution >= 0.6 is 15.9 Å². The number of benzene rings is 2. The first-order valence-electron chi connectivity index (χ1n) is 9.85. The highest BCUT2D eigenvalue weighted by molar-refractivity contribution is 9.10.